The summed E-state index contributed by atoms with van der Waals surface area (Å²) in [6.07, 6.45) is -1.80. The lowest BCUT2D eigenvalue weighted by Crippen LogP contribution is -2.46. The number of primary amides is 2. The molecule has 0 saturated carbocycles. The zero-order valence-corrected chi connectivity index (χ0v) is 18.3. The van der Waals surface area contributed by atoms with Crippen molar-refractivity contribution in [2.45, 2.75) is 18.6 Å². The van der Waals surface area contributed by atoms with Gasteiger partial charge in [0, 0.05) is 5.56 Å². The van der Waals surface area contributed by atoms with Crippen LogP contribution in [0.25, 0.3) is 11.3 Å². The highest BCUT2D eigenvalue weighted by Crippen LogP contribution is 2.27. The molecule has 0 saturated heterocycles. The van der Waals surface area contributed by atoms with Crippen LogP contribution in [0.5, 0.6) is 11.5 Å². The highest BCUT2D eigenvalue weighted by Gasteiger charge is 2.23. The number of rotatable bonds is 10. The third kappa shape index (κ3) is 6.82. The Morgan fingerprint density at radius 2 is 1.60 bits per heavy atom. The third-order valence-corrected chi connectivity index (χ3v) is 4.89. The first kappa shape index (κ1) is 25.3. The number of nitrogens with two attached hydrogens (primary N) is 2. The van der Waals surface area contributed by atoms with Crippen molar-refractivity contribution in [3.8, 4) is 22.8 Å². The van der Waals surface area contributed by atoms with E-state index < -0.39 is 42.9 Å². The first-order valence-corrected chi connectivity index (χ1v) is 10.4. The molecular formula is C24H23FN4O6. The van der Waals surface area contributed by atoms with E-state index in [0.29, 0.717) is 17.1 Å². The van der Waals surface area contributed by atoms with Crippen LogP contribution < -0.4 is 21.5 Å². The summed E-state index contributed by atoms with van der Waals surface area (Å²) >= 11 is 0. The van der Waals surface area contributed by atoms with Gasteiger partial charge in [-0.3, -0.25) is 14.4 Å². The third-order valence-electron chi connectivity index (χ3n) is 4.89. The molecular weight excluding hydrogens is 459 g/mol. The largest absolute Gasteiger partial charge is 0.457 e. The van der Waals surface area contributed by atoms with Crippen LogP contribution in [0.3, 0.4) is 0 Å². The normalized spacial score (nSPS) is 12.4. The maximum Gasteiger partial charge on any atom is 0.270 e. The molecule has 0 spiro atoms. The number of nitrogens with zero attached hydrogens (tertiary/aromatic N) is 1. The van der Waals surface area contributed by atoms with E-state index in [9.17, 15) is 29.0 Å². The average molecular weight is 482 g/mol. The molecule has 0 aliphatic rings. The van der Waals surface area contributed by atoms with Gasteiger partial charge in [-0.25, -0.2) is 9.37 Å². The first-order valence-electron chi connectivity index (χ1n) is 10.4. The van der Waals surface area contributed by atoms with Crippen molar-refractivity contribution in [1.82, 2.24) is 10.3 Å². The topological polar surface area (TPSA) is 178 Å². The monoisotopic (exact) mass is 482 g/mol. The van der Waals surface area contributed by atoms with Gasteiger partial charge in [0.05, 0.1) is 18.7 Å². The number of pyridine rings is 1. The second-order valence-electron chi connectivity index (χ2n) is 7.55. The van der Waals surface area contributed by atoms with Gasteiger partial charge in [0.15, 0.2) is 0 Å². The van der Waals surface area contributed by atoms with E-state index in [0.717, 1.165) is 0 Å². The van der Waals surface area contributed by atoms with E-state index in [1.54, 1.807) is 24.3 Å². The van der Waals surface area contributed by atoms with Gasteiger partial charge in [-0.1, -0.05) is 0 Å². The number of ether oxygens (including phenoxy) is 1. The molecule has 11 heteroatoms. The molecule has 10 nitrogen and oxygen atoms in total. The molecule has 3 amide bonds. The van der Waals surface area contributed by atoms with Gasteiger partial charge < -0.3 is 31.7 Å². The molecule has 2 atom stereocenters. The Morgan fingerprint density at radius 3 is 2.14 bits per heavy atom. The van der Waals surface area contributed by atoms with Crippen molar-refractivity contribution in [3.05, 3.63) is 77.7 Å². The summed E-state index contributed by atoms with van der Waals surface area (Å²) in [4.78, 5) is 39.8. The van der Waals surface area contributed by atoms with Crippen molar-refractivity contribution in [1.29, 1.82) is 0 Å². The van der Waals surface area contributed by atoms with Crippen LogP contribution in [0.4, 0.5) is 4.39 Å². The maximum atomic E-state index is 13.1. The molecule has 0 fully saturated rings. The van der Waals surface area contributed by atoms with E-state index in [-0.39, 0.29) is 22.8 Å². The fourth-order valence-corrected chi connectivity index (χ4v) is 3.10. The maximum absolute atomic E-state index is 13.1. The molecule has 1 heterocycles. The molecule has 3 rings (SSSR count). The Labute approximate surface area is 199 Å². The van der Waals surface area contributed by atoms with Crippen LogP contribution in [-0.2, 0) is 9.59 Å². The lowest BCUT2D eigenvalue weighted by molar-refractivity contribution is -0.124. The number of halogens is 1. The molecule has 0 radical (unpaired) electrons. The minimum Gasteiger partial charge on any atom is -0.457 e. The van der Waals surface area contributed by atoms with Crippen LogP contribution in [-0.4, -0.2) is 45.6 Å². The fourth-order valence-electron chi connectivity index (χ4n) is 3.10. The zero-order valence-electron chi connectivity index (χ0n) is 18.3. The van der Waals surface area contributed by atoms with Crippen molar-refractivity contribution in [3.63, 3.8) is 0 Å². The number of carbonyl (C=O) groups is 3. The van der Waals surface area contributed by atoms with Crippen LogP contribution in [0.1, 0.15) is 28.6 Å². The smallest absolute Gasteiger partial charge is 0.270 e. The fraction of sp³-hybridized carbons (Fsp3) is 0.167. The quantitative estimate of drug-likeness (QED) is 0.288. The minimum absolute atomic E-state index is 0.188. The molecule has 1 aromatic heterocycles. The van der Waals surface area contributed by atoms with E-state index in [1.165, 1.54) is 36.4 Å². The lowest BCUT2D eigenvalue weighted by Gasteiger charge is -2.16. The Balaban J connectivity index is 1.89. The zero-order chi connectivity index (χ0) is 25.5. The van der Waals surface area contributed by atoms with Crippen LogP contribution >= 0.6 is 0 Å². The summed E-state index contributed by atoms with van der Waals surface area (Å²) < 4.78 is 18.7. The number of aromatic nitrogens is 1. The number of hydrogen-bond donors (Lipinski definition) is 5. The van der Waals surface area contributed by atoms with E-state index in [4.69, 9.17) is 16.2 Å². The standard InChI is InChI=1S/C24H23FN4O6/c25-15-3-7-17(8-4-15)35-16-5-1-13(2-6-16)18-9-14(21(31)12-30)10-20(28-18)24(34)29-19(23(27)33)11-22(26)32/h1-10,19,21,30-31H,11-12H2,(H2,26,32)(H2,27,33)(H,29,34)/t19?,21-/m1/s1. The van der Waals surface area contributed by atoms with E-state index >= 15 is 0 Å². The Bertz CT molecular complexity index is 1220. The summed E-state index contributed by atoms with van der Waals surface area (Å²) in [6, 6.07) is 13.4. The van der Waals surface area contributed by atoms with E-state index in [2.05, 4.69) is 10.3 Å². The van der Waals surface area contributed by atoms with Gasteiger partial charge in [0.2, 0.25) is 11.8 Å². The summed E-state index contributed by atoms with van der Waals surface area (Å²) in [6.45, 7) is -0.611. The Kier molecular flexibility index (Phi) is 8.08. The second kappa shape index (κ2) is 11.2. The van der Waals surface area contributed by atoms with Crippen LogP contribution in [0, 0.1) is 5.82 Å². The Hall–Kier alpha value is -4.35. The molecule has 7 N–H and O–H groups in total. The SMILES string of the molecule is NC(=O)CC(NC(=O)c1cc([C@H](O)CO)cc(-c2ccc(Oc3ccc(F)cc3)cc2)n1)C(N)=O. The average Bonchev–Trinajstić information content (AvgIpc) is 2.84. The van der Waals surface area contributed by atoms with Gasteiger partial charge in [-0.05, 0) is 66.2 Å². The number of nitrogens with one attached hydrogen (secondary N) is 1. The molecule has 0 bridgehead atoms. The van der Waals surface area contributed by atoms with Crippen molar-refractivity contribution >= 4 is 17.7 Å². The second-order valence-corrected chi connectivity index (χ2v) is 7.55. The molecule has 182 valence electrons. The molecule has 35 heavy (non-hydrogen) atoms. The number of benzene rings is 2. The number of amides is 3. The van der Waals surface area contributed by atoms with Crippen molar-refractivity contribution < 1.29 is 33.7 Å². The molecule has 0 aliphatic carbocycles. The predicted molar refractivity (Wildman–Crippen MR) is 122 cm³/mol. The predicted octanol–water partition coefficient (Wildman–Crippen LogP) is 1.16. The van der Waals surface area contributed by atoms with Gasteiger partial charge in [0.1, 0.15) is 35.2 Å². The van der Waals surface area contributed by atoms with Gasteiger partial charge in [-0.15, -0.1) is 0 Å². The highest BCUT2D eigenvalue weighted by molar-refractivity contribution is 5.97. The van der Waals surface area contributed by atoms with Crippen LogP contribution in [0.2, 0.25) is 0 Å². The van der Waals surface area contributed by atoms with Crippen molar-refractivity contribution in [2.24, 2.45) is 11.5 Å². The Morgan fingerprint density at radius 1 is 1.00 bits per heavy atom. The summed E-state index contributed by atoms with van der Waals surface area (Å²) in [5.41, 5.74) is 11.1. The summed E-state index contributed by atoms with van der Waals surface area (Å²) in [5.74, 6) is -2.12. The highest BCUT2D eigenvalue weighted by atomic mass is 19.1. The first-order chi connectivity index (χ1) is 16.7. The summed E-state index contributed by atoms with van der Waals surface area (Å²) in [5, 5.41) is 21.8. The van der Waals surface area contributed by atoms with Gasteiger partial charge in [0.25, 0.3) is 5.91 Å². The molecule has 3 aromatic rings. The van der Waals surface area contributed by atoms with Gasteiger partial charge >= 0.3 is 0 Å². The van der Waals surface area contributed by atoms with Crippen LogP contribution in [0.15, 0.2) is 60.7 Å². The molecule has 0 aliphatic heterocycles. The number of hydrogen-bond acceptors (Lipinski definition) is 7. The number of aliphatic hydroxyl groups excluding tert-OH is 2. The molecule has 2 aromatic carbocycles. The molecule has 1 unspecified atom stereocenters. The van der Waals surface area contributed by atoms with E-state index in [1.807, 2.05) is 0 Å². The number of carbonyl (C=O) groups excluding carboxylic acids is 3. The minimum atomic E-state index is -1.35. The van der Waals surface area contributed by atoms with Gasteiger partial charge in [-0.2, -0.15) is 0 Å². The lowest BCUT2D eigenvalue weighted by atomic mass is 10.0. The number of aliphatic hydroxyl groups is 2. The van der Waals surface area contributed by atoms with Crippen molar-refractivity contribution in [2.75, 3.05) is 6.61 Å². The summed E-state index contributed by atoms with van der Waals surface area (Å²) in [7, 11) is 0.